The minimum absolute atomic E-state index is 0.283. The summed E-state index contributed by atoms with van der Waals surface area (Å²) < 4.78 is 4.80. The van der Waals surface area contributed by atoms with Gasteiger partial charge in [-0.25, -0.2) is 10.3 Å². The van der Waals surface area contributed by atoms with Crippen molar-refractivity contribution in [3.05, 3.63) is 12.4 Å². The molecule has 7 heteroatoms. The number of aromatic nitrogens is 2. The molecule has 0 unspecified atom stereocenters. The summed E-state index contributed by atoms with van der Waals surface area (Å²) in [5.41, 5.74) is 2.32. The van der Waals surface area contributed by atoms with Gasteiger partial charge in [-0.1, -0.05) is 0 Å². The van der Waals surface area contributed by atoms with Gasteiger partial charge in [0.25, 0.3) is 0 Å². The summed E-state index contributed by atoms with van der Waals surface area (Å²) in [5, 5.41) is 8.27. The van der Waals surface area contributed by atoms with Crippen LogP contribution in [0.5, 0.6) is 5.88 Å². The lowest BCUT2D eigenvalue weighted by Crippen LogP contribution is -2.12. The molecule has 0 amide bonds. The van der Waals surface area contributed by atoms with Gasteiger partial charge in [0.05, 0.1) is 19.5 Å². The largest absolute Gasteiger partial charge is 0.480 e. The number of anilines is 1. The molecule has 0 atom stereocenters. The van der Waals surface area contributed by atoms with E-state index in [0.717, 1.165) is 0 Å². The van der Waals surface area contributed by atoms with Crippen molar-refractivity contribution in [2.24, 2.45) is 0 Å². The molecule has 0 aliphatic rings. The zero-order valence-electron chi connectivity index (χ0n) is 7.43. The molecule has 1 rings (SSSR count). The Labute approximate surface area is 79.7 Å². The van der Waals surface area contributed by atoms with Crippen LogP contribution < -0.4 is 10.2 Å². The van der Waals surface area contributed by atoms with Crippen molar-refractivity contribution in [3.8, 4) is 5.88 Å². The molecule has 1 heterocycles. The first-order chi connectivity index (χ1) is 6.72. The minimum Gasteiger partial charge on any atom is -0.480 e. The molecule has 0 aliphatic heterocycles. The summed E-state index contributed by atoms with van der Waals surface area (Å²) in [6.45, 7) is -0.459. The maximum absolute atomic E-state index is 10.1. The molecule has 0 aliphatic carbocycles. The first kappa shape index (κ1) is 10.2. The number of hydrogen-bond acceptors (Lipinski definition) is 6. The SMILES string of the molecule is COc1cncc(NOCC(=O)O)n1. The average molecular weight is 199 g/mol. The summed E-state index contributed by atoms with van der Waals surface area (Å²) in [5.74, 6) is -0.479. The minimum atomic E-state index is -1.08. The quantitative estimate of drug-likeness (QED) is 0.640. The zero-order valence-corrected chi connectivity index (χ0v) is 7.43. The van der Waals surface area contributed by atoms with E-state index in [1.165, 1.54) is 19.5 Å². The van der Waals surface area contributed by atoms with Crippen molar-refractivity contribution >= 4 is 11.8 Å². The van der Waals surface area contributed by atoms with Crippen molar-refractivity contribution in [1.82, 2.24) is 9.97 Å². The Morgan fingerprint density at radius 3 is 3.07 bits per heavy atom. The number of rotatable bonds is 5. The van der Waals surface area contributed by atoms with Gasteiger partial charge in [0, 0.05) is 0 Å². The van der Waals surface area contributed by atoms with Gasteiger partial charge >= 0.3 is 5.97 Å². The maximum Gasteiger partial charge on any atom is 0.332 e. The van der Waals surface area contributed by atoms with Gasteiger partial charge in [0.2, 0.25) is 5.88 Å². The molecule has 0 saturated carbocycles. The zero-order chi connectivity index (χ0) is 10.4. The summed E-state index contributed by atoms with van der Waals surface area (Å²) in [4.78, 5) is 22.3. The Morgan fingerprint density at radius 2 is 2.43 bits per heavy atom. The maximum atomic E-state index is 10.1. The summed E-state index contributed by atoms with van der Waals surface area (Å²) in [6.07, 6.45) is 2.80. The van der Waals surface area contributed by atoms with E-state index >= 15 is 0 Å². The van der Waals surface area contributed by atoms with E-state index in [1.54, 1.807) is 0 Å². The Kier molecular flexibility index (Phi) is 3.62. The first-order valence-electron chi connectivity index (χ1n) is 3.68. The number of nitrogens with zero attached hydrogens (tertiary/aromatic N) is 2. The number of carboxylic acid groups (broad SMARTS) is 1. The fourth-order valence-electron chi connectivity index (χ4n) is 0.667. The standard InChI is InChI=1S/C7H9N3O4/c1-13-6-3-8-2-5(9-6)10-14-4-7(11)12/h2-3H,4H2,1H3,(H,9,10)(H,11,12). The third kappa shape index (κ3) is 3.23. The molecule has 7 nitrogen and oxygen atoms in total. The Hall–Kier alpha value is -1.89. The predicted molar refractivity (Wildman–Crippen MR) is 45.8 cm³/mol. The molecule has 0 saturated heterocycles. The van der Waals surface area contributed by atoms with Crippen LogP contribution in [0.25, 0.3) is 0 Å². The van der Waals surface area contributed by atoms with Crippen LogP contribution in [0.3, 0.4) is 0 Å². The summed E-state index contributed by atoms with van der Waals surface area (Å²) in [7, 11) is 1.45. The van der Waals surface area contributed by atoms with Gasteiger partial charge in [-0.3, -0.25) is 9.82 Å². The van der Waals surface area contributed by atoms with Gasteiger partial charge in [-0.05, 0) is 0 Å². The molecule has 1 aromatic rings. The smallest absolute Gasteiger partial charge is 0.332 e. The van der Waals surface area contributed by atoms with Crippen LogP contribution in [0.15, 0.2) is 12.4 Å². The highest BCUT2D eigenvalue weighted by Gasteiger charge is 1.99. The van der Waals surface area contributed by atoms with E-state index in [-0.39, 0.29) is 5.82 Å². The molecule has 0 fully saturated rings. The van der Waals surface area contributed by atoms with E-state index in [1.807, 2.05) is 0 Å². The van der Waals surface area contributed by atoms with Gasteiger partial charge in [-0.15, -0.1) is 0 Å². The third-order valence-corrected chi connectivity index (χ3v) is 1.19. The molecule has 0 spiro atoms. The number of ether oxygens (including phenoxy) is 1. The fourth-order valence-corrected chi connectivity index (χ4v) is 0.667. The van der Waals surface area contributed by atoms with Crippen LogP contribution in [-0.2, 0) is 9.63 Å². The molecular weight excluding hydrogens is 190 g/mol. The van der Waals surface area contributed by atoms with Crippen molar-refractivity contribution in [2.75, 3.05) is 19.2 Å². The van der Waals surface area contributed by atoms with Crippen LogP contribution in [0.1, 0.15) is 0 Å². The van der Waals surface area contributed by atoms with Crippen LogP contribution in [0.4, 0.5) is 5.82 Å². The monoisotopic (exact) mass is 199 g/mol. The molecule has 2 N–H and O–H groups in total. The van der Waals surface area contributed by atoms with E-state index in [9.17, 15) is 4.79 Å². The van der Waals surface area contributed by atoms with Crippen LogP contribution in [0.2, 0.25) is 0 Å². The fraction of sp³-hybridized carbons (Fsp3) is 0.286. The van der Waals surface area contributed by atoms with Crippen molar-refractivity contribution in [2.45, 2.75) is 0 Å². The van der Waals surface area contributed by atoms with Crippen molar-refractivity contribution in [3.63, 3.8) is 0 Å². The molecule has 0 bridgehead atoms. The number of aliphatic carboxylic acids is 1. The number of methoxy groups -OCH3 is 1. The van der Waals surface area contributed by atoms with Crippen LogP contribution >= 0.6 is 0 Å². The lowest BCUT2D eigenvalue weighted by atomic mass is 10.6. The lowest BCUT2D eigenvalue weighted by molar-refractivity contribution is -0.141. The van der Waals surface area contributed by atoms with Crippen LogP contribution in [0, 0.1) is 0 Å². The highest BCUT2D eigenvalue weighted by molar-refractivity contribution is 5.68. The molecular formula is C7H9N3O4. The summed E-state index contributed by atoms with van der Waals surface area (Å²) in [6, 6.07) is 0. The van der Waals surface area contributed by atoms with E-state index in [4.69, 9.17) is 9.84 Å². The van der Waals surface area contributed by atoms with E-state index in [0.29, 0.717) is 5.88 Å². The predicted octanol–water partition coefficient (Wildman–Crippen LogP) is -0.0867. The molecule has 0 radical (unpaired) electrons. The second-order valence-corrected chi connectivity index (χ2v) is 2.23. The lowest BCUT2D eigenvalue weighted by Gasteiger charge is -2.04. The molecule has 14 heavy (non-hydrogen) atoms. The van der Waals surface area contributed by atoms with Crippen molar-refractivity contribution < 1.29 is 19.5 Å². The summed E-state index contributed by atoms with van der Waals surface area (Å²) >= 11 is 0. The highest BCUT2D eigenvalue weighted by Crippen LogP contribution is 2.07. The number of nitrogens with one attached hydrogen (secondary N) is 1. The number of carboxylic acids is 1. The molecule has 1 aromatic heterocycles. The van der Waals surface area contributed by atoms with Gasteiger partial charge in [0.15, 0.2) is 12.4 Å². The topological polar surface area (TPSA) is 93.6 Å². The highest BCUT2D eigenvalue weighted by atomic mass is 16.7. The Bertz CT molecular complexity index is 318. The van der Waals surface area contributed by atoms with Gasteiger partial charge in [-0.2, -0.15) is 4.98 Å². The molecule has 76 valence electrons. The number of hydrogen-bond donors (Lipinski definition) is 2. The second kappa shape index (κ2) is 4.97. The first-order valence-corrected chi connectivity index (χ1v) is 3.68. The molecule has 0 aromatic carbocycles. The number of carbonyl (C=O) groups is 1. The van der Waals surface area contributed by atoms with Crippen LogP contribution in [-0.4, -0.2) is 34.8 Å². The van der Waals surface area contributed by atoms with Gasteiger partial charge < -0.3 is 9.84 Å². The normalized spacial score (nSPS) is 9.50. The third-order valence-electron chi connectivity index (χ3n) is 1.19. The Morgan fingerprint density at radius 1 is 1.64 bits per heavy atom. The Balaban J connectivity index is 2.46. The second-order valence-electron chi connectivity index (χ2n) is 2.23. The van der Waals surface area contributed by atoms with E-state index in [2.05, 4.69) is 20.3 Å². The van der Waals surface area contributed by atoms with E-state index < -0.39 is 12.6 Å². The van der Waals surface area contributed by atoms with Gasteiger partial charge in [0.1, 0.15) is 0 Å². The average Bonchev–Trinajstić information content (AvgIpc) is 2.18. The van der Waals surface area contributed by atoms with Crippen molar-refractivity contribution in [1.29, 1.82) is 0 Å².